The highest BCUT2D eigenvalue weighted by atomic mass is 32.2. The van der Waals surface area contributed by atoms with Crippen LogP contribution < -0.4 is 10.0 Å². The molecular formula is C23H17F3N4O3S. The Morgan fingerprint density at radius 1 is 0.971 bits per heavy atom. The minimum Gasteiger partial charge on any atom is -0.342 e. The number of rotatable bonds is 7. The van der Waals surface area contributed by atoms with Crippen LogP contribution in [-0.2, 0) is 10.0 Å². The van der Waals surface area contributed by atoms with Crippen LogP contribution in [0.1, 0.15) is 22.0 Å². The summed E-state index contributed by atoms with van der Waals surface area (Å²) in [5.41, 5.74) is 0.0494. The van der Waals surface area contributed by atoms with Crippen LogP contribution in [0, 0.1) is 11.6 Å². The van der Waals surface area contributed by atoms with Crippen molar-refractivity contribution in [1.82, 2.24) is 15.3 Å². The molecule has 2 N–H and O–H groups in total. The van der Waals surface area contributed by atoms with Gasteiger partial charge in [-0.3, -0.25) is 19.5 Å². The summed E-state index contributed by atoms with van der Waals surface area (Å²) in [5, 5.41) is 2.32. The number of hydrogen-bond acceptors (Lipinski definition) is 5. The van der Waals surface area contributed by atoms with E-state index in [1.165, 1.54) is 48.8 Å². The first-order chi connectivity index (χ1) is 16.3. The molecule has 7 nitrogen and oxygen atoms in total. The van der Waals surface area contributed by atoms with E-state index in [0.29, 0.717) is 11.6 Å². The van der Waals surface area contributed by atoms with Crippen molar-refractivity contribution in [1.29, 1.82) is 0 Å². The molecule has 174 valence electrons. The van der Waals surface area contributed by atoms with E-state index in [1.807, 2.05) is 0 Å². The molecule has 0 fully saturated rings. The van der Waals surface area contributed by atoms with E-state index in [-0.39, 0.29) is 27.2 Å². The van der Waals surface area contributed by atoms with Crippen LogP contribution in [0.25, 0.3) is 11.0 Å². The molecule has 1 aromatic heterocycles. The van der Waals surface area contributed by atoms with Gasteiger partial charge in [0.1, 0.15) is 28.7 Å². The van der Waals surface area contributed by atoms with Gasteiger partial charge in [-0.25, -0.2) is 21.6 Å². The monoisotopic (exact) mass is 486 g/mol. The molecule has 4 aromatic rings. The predicted octanol–water partition coefficient (Wildman–Crippen LogP) is 4.15. The summed E-state index contributed by atoms with van der Waals surface area (Å²) in [5.74, 6) is -2.72. The molecule has 4 rings (SSSR count). The Balaban J connectivity index is 1.64. The molecule has 0 aliphatic heterocycles. The van der Waals surface area contributed by atoms with E-state index in [1.54, 1.807) is 6.07 Å². The third-order valence-corrected chi connectivity index (χ3v) is 6.36. The number of aromatic nitrogens is 2. The molecule has 0 aliphatic carbocycles. The minimum atomic E-state index is -4.20. The number of anilines is 1. The highest BCUT2D eigenvalue weighted by Crippen LogP contribution is 2.25. The van der Waals surface area contributed by atoms with Gasteiger partial charge in [0.15, 0.2) is 0 Å². The number of halogens is 3. The first-order valence-corrected chi connectivity index (χ1v) is 11.4. The van der Waals surface area contributed by atoms with Crippen molar-refractivity contribution in [3.05, 3.63) is 95.8 Å². The third kappa shape index (κ3) is 4.69. The van der Waals surface area contributed by atoms with Gasteiger partial charge in [0.2, 0.25) is 0 Å². The molecule has 0 saturated carbocycles. The van der Waals surface area contributed by atoms with Crippen LogP contribution in [-0.4, -0.2) is 31.0 Å². The maximum Gasteiger partial charge on any atom is 0.264 e. The standard InChI is InChI=1S/C23H17F3N4O3S/c24-13-20(15-9-8-14(25)12-17(15)26)29-23(31)16-4-1-2-5-18(16)30-34(32,33)21-7-3-6-19-22(21)28-11-10-27-19/h1-12,20,30H,13H2,(H,29,31). The van der Waals surface area contributed by atoms with Gasteiger partial charge in [0.05, 0.1) is 22.8 Å². The van der Waals surface area contributed by atoms with Gasteiger partial charge >= 0.3 is 0 Å². The number of sulfonamides is 1. The number of carbonyl (C=O) groups is 1. The summed E-state index contributed by atoms with van der Waals surface area (Å²) in [4.78, 5) is 20.9. The summed E-state index contributed by atoms with van der Waals surface area (Å²) in [6.45, 7) is -1.17. The molecule has 1 heterocycles. The quantitative estimate of drug-likeness (QED) is 0.409. The van der Waals surface area contributed by atoms with Crippen LogP contribution in [0.3, 0.4) is 0 Å². The Hall–Kier alpha value is -3.99. The second-order valence-electron chi connectivity index (χ2n) is 7.18. The van der Waals surface area contributed by atoms with Crippen LogP contribution in [0.15, 0.2) is 78.0 Å². The lowest BCUT2D eigenvalue weighted by molar-refractivity contribution is 0.0930. The van der Waals surface area contributed by atoms with Gasteiger partial charge in [0.25, 0.3) is 15.9 Å². The van der Waals surface area contributed by atoms with Gasteiger partial charge in [-0.2, -0.15) is 0 Å². The SMILES string of the molecule is O=C(NC(CF)c1ccc(F)cc1F)c1ccccc1NS(=O)(=O)c1cccc2nccnc12. The van der Waals surface area contributed by atoms with Gasteiger partial charge in [-0.05, 0) is 30.3 Å². The Morgan fingerprint density at radius 2 is 1.74 bits per heavy atom. The predicted molar refractivity (Wildman–Crippen MR) is 119 cm³/mol. The van der Waals surface area contributed by atoms with Crippen molar-refractivity contribution in [2.24, 2.45) is 0 Å². The summed E-state index contributed by atoms with van der Waals surface area (Å²) < 4.78 is 69.5. The van der Waals surface area contributed by atoms with E-state index in [2.05, 4.69) is 20.0 Å². The average molecular weight is 486 g/mol. The fraction of sp³-hybridized carbons (Fsp3) is 0.0870. The van der Waals surface area contributed by atoms with E-state index < -0.39 is 40.3 Å². The van der Waals surface area contributed by atoms with Crippen LogP contribution in [0.5, 0.6) is 0 Å². The molecule has 0 radical (unpaired) electrons. The Morgan fingerprint density at radius 3 is 2.50 bits per heavy atom. The van der Waals surface area contributed by atoms with Crippen molar-refractivity contribution in [3.8, 4) is 0 Å². The van der Waals surface area contributed by atoms with Gasteiger partial charge in [0, 0.05) is 24.0 Å². The molecule has 0 aliphatic rings. The van der Waals surface area contributed by atoms with Crippen molar-refractivity contribution in [2.75, 3.05) is 11.4 Å². The molecule has 0 spiro atoms. The lowest BCUT2D eigenvalue weighted by atomic mass is 10.1. The van der Waals surface area contributed by atoms with Gasteiger partial charge < -0.3 is 5.32 Å². The normalized spacial score (nSPS) is 12.3. The molecule has 1 amide bonds. The van der Waals surface area contributed by atoms with E-state index >= 15 is 0 Å². The number of alkyl halides is 1. The molecule has 1 unspecified atom stereocenters. The average Bonchev–Trinajstić information content (AvgIpc) is 2.82. The molecule has 0 saturated heterocycles. The summed E-state index contributed by atoms with van der Waals surface area (Å²) >= 11 is 0. The van der Waals surface area contributed by atoms with E-state index in [9.17, 15) is 26.4 Å². The Labute approximate surface area is 192 Å². The maximum absolute atomic E-state index is 14.1. The summed E-state index contributed by atoms with van der Waals surface area (Å²) in [6, 6.07) is 11.3. The van der Waals surface area contributed by atoms with Gasteiger partial charge in [-0.15, -0.1) is 0 Å². The summed E-state index contributed by atoms with van der Waals surface area (Å²) in [7, 11) is -4.20. The number of amides is 1. The fourth-order valence-corrected chi connectivity index (χ4v) is 4.62. The highest BCUT2D eigenvalue weighted by Gasteiger charge is 2.24. The zero-order chi connectivity index (χ0) is 24.3. The Bertz CT molecular complexity index is 1480. The van der Waals surface area contributed by atoms with E-state index in [4.69, 9.17) is 0 Å². The minimum absolute atomic E-state index is 0.0851. The number of carbonyl (C=O) groups excluding carboxylic acids is 1. The first kappa shape index (κ1) is 23.2. The van der Waals surface area contributed by atoms with Crippen molar-refractivity contribution >= 4 is 32.7 Å². The lowest BCUT2D eigenvalue weighted by Gasteiger charge is -2.18. The molecule has 3 aromatic carbocycles. The summed E-state index contributed by atoms with van der Waals surface area (Å²) in [6.07, 6.45) is 2.78. The molecular weight excluding hydrogens is 469 g/mol. The zero-order valence-electron chi connectivity index (χ0n) is 17.4. The maximum atomic E-state index is 14.1. The third-order valence-electron chi connectivity index (χ3n) is 4.96. The van der Waals surface area contributed by atoms with Crippen LogP contribution in [0.4, 0.5) is 18.9 Å². The van der Waals surface area contributed by atoms with Crippen molar-refractivity contribution < 1.29 is 26.4 Å². The van der Waals surface area contributed by atoms with E-state index in [0.717, 1.165) is 12.1 Å². The van der Waals surface area contributed by atoms with Gasteiger partial charge in [-0.1, -0.05) is 24.3 Å². The topological polar surface area (TPSA) is 101 Å². The molecule has 0 bridgehead atoms. The number of para-hydroxylation sites is 2. The molecule has 11 heteroatoms. The van der Waals surface area contributed by atoms with Crippen LogP contribution in [0.2, 0.25) is 0 Å². The number of benzene rings is 3. The first-order valence-electron chi connectivity index (χ1n) is 9.93. The molecule has 34 heavy (non-hydrogen) atoms. The van der Waals surface area contributed by atoms with Crippen LogP contribution >= 0.6 is 0 Å². The smallest absolute Gasteiger partial charge is 0.264 e. The number of nitrogens with zero attached hydrogens (tertiary/aromatic N) is 2. The van der Waals surface area contributed by atoms with Crippen molar-refractivity contribution in [3.63, 3.8) is 0 Å². The Kier molecular flexibility index (Phi) is 6.46. The largest absolute Gasteiger partial charge is 0.342 e. The number of fused-ring (bicyclic) bond motifs is 1. The second kappa shape index (κ2) is 9.48. The highest BCUT2D eigenvalue weighted by molar-refractivity contribution is 7.93. The zero-order valence-corrected chi connectivity index (χ0v) is 18.2. The van der Waals surface area contributed by atoms with Crippen molar-refractivity contribution in [2.45, 2.75) is 10.9 Å². The second-order valence-corrected chi connectivity index (χ2v) is 8.83. The molecule has 1 atom stereocenters. The lowest BCUT2D eigenvalue weighted by Crippen LogP contribution is -2.31. The fourth-order valence-electron chi connectivity index (χ4n) is 3.37. The number of nitrogens with one attached hydrogen (secondary N) is 2. The number of hydrogen-bond donors (Lipinski definition) is 2.